The topological polar surface area (TPSA) is 294 Å². The summed E-state index contributed by atoms with van der Waals surface area (Å²) >= 11 is 5.71. The van der Waals surface area contributed by atoms with Crippen LogP contribution in [0, 0.1) is 0 Å². The van der Waals surface area contributed by atoms with Crippen molar-refractivity contribution in [1.29, 1.82) is 0 Å². The number of unbranched alkanes of at least 4 members (excludes halogenated alkanes) is 13. The molecular weight excluding hydrogens is 1010 g/mol. The molecule has 74 heavy (non-hydrogen) atoms. The Morgan fingerprint density at radius 2 is 1.08 bits per heavy atom. The highest BCUT2D eigenvalue weighted by molar-refractivity contribution is 7.98. The summed E-state index contributed by atoms with van der Waals surface area (Å²) in [5.74, 6) is -2.17. The number of benzene rings is 1. The van der Waals surface area contributed by atoms with Crippen LogP contribution < -0.4 is 26.0 Å². The number of carbonyl (C=O) groups excluding carboxylic acids is 6. The number of halogens is 1. The van der Waals surface area contributed by atoms with Crippen molar-refractivity contribution in [3.8, 4) is 5.75 Å². The molecule has 1 aromatic carbocycles. The number of thiol groups is 1. The fourth-order valence-electron chi connectivity index (χ4n) is 6.47. The van der Waals surface area contributed by atoms with Gasteiger partial charge in [-0.1, -0.05) is 116 Å². The Morgan fingerprint density at radius 3 is 1.51 bits per heavy atom. The van der Waals surface area contributed by atoms with E-state index >= 15 is 0 Å². The molecule has 0 bridgehead atoms. The number of rotatable bonds is 45. The number of nitrogens with one attached hydrogen (secondary N) is 5. The molecule has 0 aliphatic heterocycles. The summed E-state index contributed by atoms with van der Waals surface area (Å²) in [4.78, 5) is 90.1. The van der Waals surface area contributed by atoms with Gasteiger partial charge in [0.25, 0.3) is 6.54 Å². The van der Waals surface area contributed by atoms with Gasteiger partial charge in [0.1, 0.15) is 31.3 Å². The molecule has 1 aromatic rings. The maximum atomic E-state index is 12.3. The lowest BCUT2D eigenvalue weighted by Gasteiger charge is -2.14. The molecule has 20 nitrogen and oxygen atoms in total. The van der Waals surface area contributed by atoms with Gasteiger partial charge in [-0.25, -0.2) is 4.79 Å². The largest absolute Gasteiger partial charge is 0.508 e. The highest BCUT2D eigenvalue weighted by Gasteiger charge is 2.21. The van der Waals surface area contributed by atoms with E-state index in [9.17, 15) is 48.2 Å². The number of carboxylic acids is 2. The molecule has 0 saturated carbocycles. The summed E-state index contributed by atoms with van der Waals surface area (Å²) in [5, 5.41) is 37.9. The summed E-state index contributed by atoms with van der Waals surface area (Å²) in [6.07, 6.45) is 18.4. The number of phenolic OH excluding ortho intramolecular Hbond substituents is 1. The van der Waals surface area contributed by atoms with Gasteiger partial charge in [0.05, 0.1) is 45.7 Å². The SMILES string of the molecule is CC.CSCC(C)NS.O=CC(Cc1ccc(O)cc1)NC(=O)COCCOCCNC(=O)COCCOCCNC(=O)CC[C@H](NC(=O)CCCCCCCCCCCCCCCCC(=O)O)C(=O)O.O=CF. The summed E-state index contributed by atoms with van der Waals surface area (Å²) in [6, 6.07) is 4.99. The van der Waals surface area contributed by atoms with Crippen molar-refractivity contribution >= 4 is 73.0 Å². The molecule has 0 aromatic heterocycles. The quantitative estimate of drug-likeness (QED) is 0.0158. The van der Waals surface area contributed by atoms with Crippen LogP contribution in [-0.4, -0.2) is 160 Å². The molecule has 428 valence electrons. The maximum absolute atomic E-state index is 12.3. The number of aromatic hydroxyl groups is 1. The van der Waals surface area contributed by atoms with E-state index in [1.165, 1.54) is 50.7 Å². The number of aliphatic carboxylic acids is 2. The Hall–Kier alpha value is -4.39. The number of thioether (sulfide) groups is 1. The van der Waals surface area contributed by atoms with Gasteiger partial charge in [0.15, 0.2) is 0 Å². The summed E-state index contributed by atoms with van der Waals surface area (Å²) < 4.78 is 33.7. The number of hydrogen-bond acceptors (Lipinski definition) is 16. The van der Waals surface area contributed by atoms with Gasteiger partial charge in [-0.15, -0.1) is 0 Å². The third-order valence-corrected chi connectivity index (χ3v) is 11.5. The van der Waals surface area contributed by atoms with Gasteiger partial charge in [-0.2, -0.15) is 16.2 Å². The lowest BCUT2D eigenvalue weighted by molar-refractivity contribution is -0.142. The molecule has 0 aliphatic rings. The molecule has 4 amide bonds. The molecule has 0 fully saturated rings. The molecule has 0 saturated heterocycles. The van der Waals surface area contributed by atoms with Crippen molar-refractivity contribution in [2.24, 2.45) is 0 Å². The number of amides is 4. The molecule has 3 atom stereocenters. The molecule has 23 heteroatoms. The molecule has 0 spiro atoms. The highest BCUT2D eigenvalue weighted by Crippen LogP contribution is 2.14. The number of carbonyl (C=O) groups is 8. The minimum absolute atomic E-state index is 0.0348. The van der Waals surface area contributed by atoms with Crippen LogP contribution in [0.15, 0.2) is 24.3 Å². The van der Waals surface area contributed by atoms with E-state index in [1.54, 1.807) is 12.1 Å². The zero-order valence-electron chi connectivity index (χ0n) is 44.4. The minimum Gasteiger partial charge on any atom is -0.508 e. The van der Waals surface area contributed by atoms with Crippen molar-refractivity contribution in [2.45, 2.75) is 161 Å². The molecular formula is C51H90FN5O15S2. The van der Waals surface area contributed by atoms with Crippen molar-refractivity contribution in [3.05, 3.63) is 29.8 Å². The van der Waals surface area contributed by atoms with Crippen molar-refractivity contribution < 1.29 is 77.0 Å². The zero-order valence-corrected chi connectivity index (χ0v) is 46.1. The second kappa shape index (κ2) is 56.3. The van der Waals surface area contributed by atoms with E-state index < -0.39 is 36.5 Å². The van der Waals surface area contributed by atoms with Gasteiger partial charge in [-0.3, -0.25) is 33.5 Å². The maximum Gasteiger partial charge on any atom is 0.326 e. The first-order valence-corrected chi connectivity index (χ1v) is 27.6. The molecule has 0 heterocycles. The number of carboxylic acid groups (broad SMARTS) is 2. The fourth-order valence-corrected chi connectivity index (χ4v) is 7.27. The number of hydrogen-bond donors (Lipinski definition) is 9. The third kappa shape index (κ3) is 53.9. The Balaban J connectivity index is -0.00000376. The Bertz CT molecular complexity index is 1570. The van der Waals surface area contributed by atoms with Crippen LogP contribution in [0.4, 0.5) is 4.39 Å². The second-order valence-corrected chi connectivity index (χ2v) is 17.8. The predicted molar refractivity (Wildman–Crippen MR) is 289 cm³/mol. The molecule has 1 rings (SSSR count). The third-order valence-electron chi connectivity index (χ3n) is 10.2. The van der Waals surface area contributed by atoms with Gasteiger partial charge in [0.2, 0.25) is 23.6 Å². The van der Waals surface area contributed by atoms with E-state index in [-0.39, 0.29) is 122 Å². The van der Waals surface area contributed by atoms with Crippen LogP contribution in [0.3, 0.4) is 0 Å². The lowest BCUT2D eigenvalue weighted by atomic mass is 10.0. The standard InChI is InChI=1S/C44H72N4O14.C4H11NS2.C2H6.CHFO/c49-32-36(31-35-17-19-37(50)20-18-35)47-42(54)34-62-30-28-60-26-24-46-41(53)33-61-29-27-59-25-23-45-39(51)22-21-38(44(57)58)48-40(52)15-13-11-9-7-5-3-1-2-4-6-8-10-12-14-16-43(55)56;1-4(5-6)3-7-2;1-2;2-1-3/h17-20,32,36,38,50H,1-16,21-31,33-34H2,(H,45,51)(H,46,53)(H,47,54)(H,48,52)(H,55,56)(H,57,58);4-6H,3H2,1-2H3;1-2H3;1H/t36?,38-;;;/m0.../s1. The van der Waals surface area contributed by atoms with Gasteiger partial charge >= 0.3 is 11.9 Å². The lowest BCUT2D eigenvalue weighted by Crippen LogP contribution is -2.41. The second-order valence-electron chi connectivity index (χ2n) is 16.6. The molecule has 8 N–H and O–H groups in total. The van der Waals surface area contributed by atoms with Gasteiger partial charge in [0, 0.05) is 44.1 Å². The Labute approximate surface area is 448 Å². The molecule has 2 unspecified atom stereocenters. The number of phenols is 1. The van der Waals surface area contributed by atoms with Crippen molar-refractivity contribution in [3.63, 3.8) is 0 Å². The highest BCUT2D eigenvalue weighted by atomic mass is 32.2. The Kier molecular flexibility index (Phi) is 56.2. The average molecular weight is 1100 g/mol. The van der Waals surface area contributed by atoms with Crippen LogP contribution in [-0.2, 0) is 63.7 Å². The van der Waals surface area contributed by atoms with Crippen molar-refractivity contribution in [2.75, 3.05) is 78.0 Å². The molecule has 0 aliphatic carbocycles. The normalized spacial score (nSPS) is 11.6. The molecule has 0 radical (unpaired) electrons. The predicted octanol–water partition coefficient (Wildman–Crippen LogP) is 5.94. The smallest absolute Gasteiger partial charge is 0.326 e. The first-order valence-electron chi connectivity index (χ1n) is 25.8. The number of ether oxygens (including phenoxy) is 4. The van der Waals surface area contributed by atoms with E-state index in [4.69, 9.17) is 28.8 Å². The van der Waals surface area contributed by atoms with Crippen LogP contribution in [0.1, 0.15) is 142 Å². The first kappa shape index (κ1) is 73.9. The summed E-state index contributed by atoms with van der Waals surface area (Å²) in [6.45, 7) is 6.42. The Morgan fingerprint density at radius 1 is 0.635 bits per heavy atom. The summed E-state index contributed by atoms with van der Waals surface area (Å²) in [5.41, 5.74) is 0.783. The van der Waals surface area contributed by atoms with E-state index in [2.05, 4.69) is 52.0 Å². The van der Waals surface area contributed by atoms with Gasteiger partial charge < -0.3 is 60.3 Å². The monoisotopic (exact) mass is 1100 g/mol. The van der Waals surface area contributed by atoms with Crippen LogP contribution in [0.5, 0.6) is 5.75 Å². The van der Waals surface area contributed by atoms with E-state index in [1.807, 2.05) is 25.6 Å². The van der Waals surface area contributed by atoms with E-state index in [0.717, 1.165) is 56.3 Å². The minimum atomic E-state index is -1.19. The average Bonchev–Trinajstić information content (AvgIpc) is 3.37. The number of aldehydes is 1. The van der Waals surface area contributed by atoms with Crippen LogP contribution in [0.2, 0.25) is 0 Å². The van der Waals surface area contributed by atoms with Crippen LogP contribution in [0.25, 0.3) is 0 Å². The zero-order chi connectivity index (χ0) is 55.9. The fraction of sp³-hybridized carbons (Fsp3) is 0.725. The van der Waals surface area contributed by atoms with Crippen molar-refractivity contribution in [1.82, 2.24) is 26.0 Å². The van der Waals surface area contributed by atoms with Gasteiger partial charge in [-0.05, 0) is 56.6 Å². The summed E-state index contributed by atoms with van der Waals surface area (Å²) in [7, 11) is 0. The van der Waals surface area contributed by atoms with E-state index in [0.29, 0.717) is 18.7 Å². The first-order chi connectivity index (χ1) is 35.7. The van der Waals surface area contributed by atoms with Crippen LogP contribution >= 0.6 is 24.6 Å².